The van der Waals surface area contributed by atoms with Gasteiger partial charge in [-0.25, -0.2) is 0 Å². The van der Waals surface area contributed by atoms with E-state index >= 15 is 0 Å². The third-order valence-corrected chi connectivity index (χ3v) is 0.976. The lowest BCUT2D eigenvalue weighted by atomic mass is 10.4. The third-order valence-electron chi connectivity index (χ3n) is 0.976. The number of carbonyl (C=O) groups is 1. The Morgan fingerprint density at radius 1 is 1.44 bits per heavy atom. The predicted octanol–water partition coefficient (Wildman–Crippen LogP) is 1.04. The highest BCUT2D eigenvalue weighted by molar-refractivity contribution is 5.46. The molecule has 0 aromatic heterocycles. The van der Waals surface area contributed by atoms with E-state index in [0.29, 0.717) is 0 Å². The number of amides is 1. The maximum absolute atomic E-state index is 9.99. The van der Waals surface area contributed by atoms with Crippen LogP contribution in [0, 0.1) is 0 Å². The minimum atomic E-state index is 0.720. The van der Waals surface area contributed by atoms with Crippen LogP contribution in [0.5, 0.6) is 0 Å². The Morgan fingerprint density at radius 3 is 2.56 bits per heavy atom. The Bertz CT molecular complexity index is 99.1. The number of nitrogens with zero attached hydrogens (tertiary/aromatic N) is 1. The van der Waals surface area contributed by atoms with Crippen LogP contribution in [0.1, 0.15) is 13.3 Å². The van der Waals surface area contributed by atoms with Crippen molar-refractivity contribution in [2.75, 3.05) is 13.6 Å². The maximum Gasteiger partial charge on any atom is 0.209 e. The van der Waals surface area contributed by atoms with E-state index < -0.39 is 0 Å². The number of likely N-dealkylation sites (N-methyl/N-ethyl adjacent to an activating group) is 1. The van der Waals surface area contributed by atoms with E-state index in [-0.39, 0.29) is 0 Å². The zero-order valence-corrected chi connectivity index (χ0v) is 6.00. The lowest BCUT2D eigenvalue weighted by Gasteiger charge is -2.04. The molecule has 0 unspecified atom stereocenters. The van der Waals surface area contributed by atoms with Crippen molar-refractivity contribution in [1.29, 1.82) is 0 Å². The first-order valence-electron chi connectivity index (χ1n) is 3.11. The molecular weight excluding hydrogens is 114 g/mol. The van der Waals surface area contributed by atoms with Crippen molar-refractivity contribution < 1.29 is 4.79 Å². The van der Waals surface area contributed by atoms with Gasteiger partial charge in [0, 0.05) is 13.6 Å². The molecule has 1 amide bonds. The van der Waals surface area contributed by atoms with Crippen LogP contribution in [-0.2, 0) is 4.79 Å². The van der Waals surface area contributed by atoms with E-state index in [9.17, 15) is 4.79 Å². The zero-order chi connectivity index (χ0) is 7.11. The molecule has 2 nitrogen and oxygen atoms in total. The van der Waals surface area contributed by atoms with Gasteiger partial charge in [0.1, 0.15) is 0 Å². The summed E-state index contributed by atoms with van der Waals surface area (Å²) in [5, 5.41) is 0. The van der Waals surface area contributed by atoms with E-state index in [4.69, 9.17) is 0 Å². The largest absolute Gasteiger partial charge is 0.345 e. The zero-order valence-electron chi connectivity index (χ0n) is 6.00. The summed E-state index contributed by atoms with van der Waals surface area (Å²) in [5.41, 5.74) is 0. The first-order chi connectivity index (χ1) is 4.31. The minimum absolute atomic E-state index is 0.720. The summed E-state index contributed by atoms with van der Waals surface area (Å²) in [6, 6.07) is 0. The molecule has 0 rings (SSSR count). The standard InChI is InChI=1S/C7H13NO/c1-3-4-5-6-8(2)7-9/h4-5,7H,3,6H2,1-2H3/b5-4-. The van der Waals surface area contributed by atoms with Gasteiger partial charge in [-0.1, -0.05) is 19.1 Å². The molecule has 0 aliphatic carbocycles. The molecule has 0 aromatic rings. The van der Waals surface area contributed by atoms with Crippen molar-refractivity contribution in [2.45, 2.75) is 13.3 Å². The molecule has 0 heterocycles. The van der Waals surface area contributed by atoms with Gasteiger partial charge in [0.15, 0.2) is 0 Å². The van der Waals surface area contributed by atoms with Gasteiger partial charge >= 0.3 is 0 Å². The van der Waals surface area contributed by atoms with E-state index in [2.05, 4.69) is 6.92 Å². The van der Waals surface area contributed by atoms with Crippen molar-refractivity contribution in [3.63, 3.8) is 0 Å². The fraction of sp³-hybridized carbons (Fsp3) is 0.571. The highest BCUT2D eigenvalue weighted by Gasteiger charge is 1.83. The highest BCUT2D eigenvalue weighted by atomic mass is 16.1. The summed E-state index contributed by atoms with van der Waals surface area (Å²) in [7, 11) is 1.76. The molecule has 9 heavy (non-hydrogen) atoms. The van der Waals surface area contributed by atoms with Crippen LogP contribution in [0.4, 0.5) is 0 Å². The van der Waals surface area contributed by atoms with Crippen molar-refractivity contribution in [3.8, 4) is 0 Å². The Kier molecular flexibility index (Phi) is 4.88. The summed E-state index contributed by atoms with van der Waals surface area (Å²) in [6.07, 6.45) is 5.88. The van der Waals surface area contributed by atoms with Crippen LogP contribution in [0.25, 0.3) is 0 Å². The fourth-order valence-corrected chi connectivity index (χ4v) is 0.451. The maximum atomic E-state index is 9.99. The predicted molar refractivity (Wildman–Crippen MR) is 38.1 cm³/mol. The highest BCUT2D eigenvalue weighted by Crippen LogP contribution is 1.81. The topological polar surface area (TPSA) is 20.3 Å². The van der Waals surface area contributed by atoms with Crippen LogP contribution in [0.15, 0.2) is 12.2 Å². The summed E-state index contributed by atoms with van der Waals surface area (Å²) < 4.78 is 0. The molecule has 0 bridgehead atoms. The number of allylic oxidation sites excluding steroid dienone is 1. The number of carbonyl (C=O) groups excluding carboxylic acids is 1. The first-order valence-corrected chi connectivity index (χ1v) is 3.11. The molecule has 0 atom stereocenters. The van der Waals surface area contributed by atoms with E-state index in [1.165, 1.54) is 0 Å². The van der Waals surface area contributed by atoms with Crippen LogP contribution >= 0.6 is 0 Å². The number of hydrogen-bond acceptors (Lipinski definition) is 1. The summed E-state index contributed by atoms with van der Waals surface area (Å²) in [5.74, 6) is 0. The fourth-order valence-electron chi connectivity index (χ4n) is 0.451. The summed E-state index contributed by atoms with van der Waals surface area (Å²) >= 11 is 0. The van der Waals surface area contributed by atoms with Gasteiger partial charge in [0.05, 0.1) is 0 Å². The molecule has 0 fully saturated rings. The Labute approximate surface area is 56.2 Å². The van der Waals surface area contributed by atoms with Crippen LogP contribution in [0.3, 0.4) is 0 Å². The smallest absolute Gasteiger partial charge is 0.209 e. The molecule has 0 spiro atoms. The van der Waals surface area contributed by atoms with E-state index in [1.54, 1.807) is 11.9 Å². The normalized spacial score (nSPS) is 10.0. The molecule has 0 saturated heterocycles. The average molecular weight is 127 g/mol. The van der Waals surface area contributed by atoms with Gasteiger partial charge in [-0.3, -0.25) is 4.79 Å². The first kappa shape index (κ1) is 8.21. The number of rotatable bonds is 4. The number of hydrogen-bond donors (Lipinski definition) is 0. The second kappa shape index (κ2) is 5.35. The van der Waals surface area contributed by atoms with E-state index in [1.807, 2.05) is 12.2 Å². The molecule has 0 aliphatic heterocycles. The van der Waals surface area contributed by atoms with Crippen molar-refractivity contribution in [2.24, 2.45) is 0 Å². The van der Waals surface area contributed by atoms with Crippen molar-refractivity contribution in [1.82, 2.24) is 4.90 Å². The molecule has 0 aliphatic rings. The molecule has 0 saturated carbocycles. The minimum Gasteiger partial charge on any atom is -0.345 e. The van der Waals surface area contributed by atoms with Crippen molar-refractivity contribution >= 4 is 6.41 Å². The Morgan fingerprint density at radius 2 is 2.11 bits per heavy atom. The monoisotopic (exact) mass is 127 g/mol. The van der Waals surface area contributed by atoms with Gasteiger partial charge in [-0.15, -0.1) is 0 Å². The SMILES string of the molecule is CC/C=C\CN(C)C=O. The van der Waals surface area contributed by atoms with Crippen LogP contribution in [0.2, 0.25) is 0 Å². The Hall–Kier alpha value is -0.790. The van der Waals surface area contributed by atoms with Gasteiger partial charge in [0.2, 0.25) is 6.41 Å². The molecule has 0 radical (unpaired) electrons. The molecule has 2 heteroatoms. The third kappa shape index (κ3) is 5.07. The molecule has 0 aromatic carbocycles. The molecule has 0 N–H and O–H groups in total. The second-order valence-corrected chi connectivity index (χ2v) is 1.92. The lowest BCUT2D eigenvalue weighted by Crippen LogP contribution is -2.14. The van der Waals surface area contributed by atoms with Gasteiger partial charge < -0.3 is 4.90 Å². The van der Waals surface area contributed by atoms with Gasteiger partial charge in [-0.05, 0) is 6.42 Å². The van der Waals surface area contributed by atoms with E-state index in [0.717, 1.165) is 19.4 Å². The second-order valence-electron chi connectivity index (χ2n) is 1.92. The lowest BCUT2D eigenvalue weighted by molar-refractivity contribution is -0.116. The van der Waals surface area contributed by atoms with Crippen molar-refractivity contribution in [3.05, 3.63) is 12.2 Å². The quantitative estimate of drug-likeness (QED) is 0.408. The average Bonchev–Trinajstić information content (AvgIpc) is 1.89. The molecule has 52 valence electrons. The van der Waals surface area contributed by atoms with Crippen LogP contribution in [-0.4, -0.2) is 24.9 Å². The van der Waals surface area contributed by atoms with Gasteiger partial charge in [0.25, 0.3) is 0 Å². The van der Waals surface area contributed by atoms with Gasteiger partial charge in [-0.2, -0.15) is 0 Å². The van der Waals surface area contributed by atoms with Crippen LogP contribution < -0.4 is 0 Å². The Balaban J connectivity index is 3.25. The molecular formula is C7H13NO. The summed E-state index contributed by atoms with van der Waals surface area (Å²) in [6.45, 7) is 2.79. The summed E-state index contributed by atoms with van der Waals surface area (Å²) in [4.78, 5) is 11.6.